The largest absolute Gasteiger partial charge is 0.308 e. The molecule has 0 aliphatic rings. The minimum atomic E-state index is 0.631. The highest BCUT2D eigenvalue weighted by atomic mass is 32.1. The topological polar surface area (TPSA) is 43.6 Å². The van der Waals surface area contributed by atoms with Gasteiger partial charge in [0.1, 0.15) is 0 Å². The number of hydrogen-bond acceptors (Lipinski definition) is 4. The minimum absolute atomic E-state index is 0.631. The molecule has 0 fully saturated rings. The van der Waals surface area contributed by atoms with Crippen molar-refractivity contribution in [3.63, 3.8) is 0 Å². The molecule has 11 rings (SSSR count). The fourth-order valence-electron chi connectivity index (χ4n) is 7.89. The Balaban J connectivity index is 1.23. The van der Waals surface area contributed by atoms with Crippen LogP contribution in [0.3, 0.4) is 0 Å². The first-order chi connectivity index (χ1) is 25.8. The van der Waals surface area contributed by atoms with Gasteiger partial charge in [-0.25, -0.2) is 15.0 Å². The van der Waals surface area contributed by atoms with Crippen LogP contribution in [0.2, 0.25) is 0 Å². The number of fused-ring (bicyclic) bond motifs is 8. The Morgan fingerprint density at radius 3 is 1.79 bits per heavy atom. The van der Waals surface area contributed by atoms with E-state index >= 15 is 0 Å². The summed E-state index contributed by atoms with van der Waals surface area (Å²) in [6.07, 6.45) is 0. The average molecular weight is 681 g/mol. The molecule has 11 aromatic rings. The van der Waals surface area contributed by atoms with Gasteiger partial charge in [-0.05, 0) is 64.0 Å². The third-order valence-electron chi connectivity index (χ3n) is 10.2. The van der Waals surface area contributed by atoms with Crippen LogP contribution in [0.15, 0.2) is 170 Å². The molecule has 3 aromatic heterocycles. The predicted octanol–water partition coefficient (Wildman–Crippen LogP) is 12.6. The molecule has 3 heterocycles. The van der Waals surface area contributed by atoms with E-state index in [1.165, 1.54) is 41.7 Å². The zero-order valence-corrected chi connectivity index (χ0v) is 28.7. The van der Waals surface area contributed by atoms with Gasteiger partial charge in [-0.15, -0.1) is 11.3 Å². The van der Waals surface area contributed by atoms with Crippen molar-refractivity contribution in [2.24, 2.45) is 0 Å². The van der Waals surface area contributed by atoms with Crippen molar-refractivity contribution in [2.45, 2.75) is 0 Å². The molecule has 4 nitrogen and oxygen atoms in total. The van der Waals surface area contributed by atoms with Crippen LogP contribution in [-0.4, -0.2) is 19.5 Å². The Kier molecular flexibility index (Phi) is 6.39. The summed E-state index contributed by atoms with van der Waals surface area (Å²) in [6, 6.07) is 60.2. The van der Waals surface area contributed by atoms with Gasteiger partial charge in [0, 0.05) is 47.6 Å². The molecule has 0 aliphatic carbocycles. The number of thiophene rings is 1. The second-order valence-electron chi connectivity index (χ2n) is 13.2. The molecule has 0 spiro atoms. The van der Waals surface area contributed by atoms with Gasteiger partial charge in [0.15, 0.2) is 17.5 Å². The minimum Gasteiger partial charge on any atom is -0.308 e. The number of benzene rings is 8. The van der Waals surface area contributed by atoms with Gasteiger partial charge < -0.3 is 4.57 Å². The van der Waals surface area contributed by atoms with Crippen LogP contribution in [0, 0.1) is 0 Å². The number of hydrogen-bond donors (Lipinski definition) is 0. The van der Waals surface area contributed by atoms with Crippen molar-refractivity contribution in [1.29, 1.82) is 0 Å². The molecule has 0 saturated carbocycles. The summed E-state index contributed by atoms with van der Waals surface area (Å²) < 4.78 is 4.84. The van der Waals surface area contributed by atoms with Crippen molar-refractivity contribution in [3.05, 3.63) is 170 Å². The summed E-state index contributed by atoms with van der Waals surface area (Å²) in [5, 5.41) is 9.49. The third kappa shape index (κ3) is 4.43. The van der Waals surface area contributed by atoms with Crippen LogP contribution >= 0.6 is 11.3 Å². The van der Waals surface area contributed by atoms with Gasteiger partial charge in [-0.2, -0.15) is 0 Å². The molecular weight excluding hydrogens is 653 g/mol. The number of aromatic nitrogens is 4. The van der Waals surface area contributed by atoms with E-state index in [-0.39, 0.29) is 0 Å². The van der Waals surface area contributed by atoms with E-state index in [0.717, 1.165) is 44.2 Å². The normalized spacial score (nSPS) is 11.8. The van der Waals surface area contributed by atoms with E-state index in [0.29, 0.717) is 17.5 Å². The highest BCUT2D eigenvalue weighted by Crippen LogP contribution is 2.41. The van der Waals surface area contributed by atoms with Crippen LogP contribution < -0.4 is 0 Å². The third-order valence-corrected chi connectivity index (χ3v) is 11.4. The summed E-state index contributed by atoms with van der Waals surface area (Å²) in [6.45, 7) is 0. The van der Waals surface area contributed by atoms with Gasteiger partial charge in [0.05, 0.1) is 16.7 Å². The molecule has 0 N–H and O–H groups in total. The molecule has 0 saturated heterocycles. The van der Waals surface area contributed by atoms with E-state index in [4.69, 9.17) is 15.0 Å². The molecule has 0 unspecified atom stereocenters. The Labute approximate surface area is 302 Å². The lowest BCUT2D eigenvalue weighted by Gasteiger charge is -2.15. The van der Waals surface area contributed by atoms with E-state index in [1.807, 2.05) is 0 Å². The van der Waals surface area contributed by atoms with Crippen molar-refractivity contribution in [3.8, 4) is 39.9 Å². The second-order valence-corrected chi connectivity index (χ2v) is 14.3. The van der Waals surface area contributed by atoms with Crippen molar-refractivity contribution in [1.82, 2.24) is 19.5 Å². The summed E-state index contributed by atoms with van der Waals surface area (Å²) >= 11 is 1.80. The summed E-state index contributed by atoms with van der Waals surface area (Å²) in [5.41, 5.74) is 6.21. The fourth-order valence-corrected chi connectivity index (χ4v) is 9.02. The Hall–Kier alpha value is -6.69. The van der Waals surface area contributed by atoms with E-state index in [9.17, 15) is 0 Å². The summed E-state index contributed by atoms with van der Waals surface area (Å²) in [4.78, 5) is 16.0. The predicted molar refractivity (Wildman–Crippen MR) is 218 cm³/mol. The summed E-state index contributed by atoms with van der Waals surface area (Å²) in [5.74, 6) is 1.94. The molecule has 0 radical (unpaired) electrons. The van der Waals surface area contributed by atoms with Gasteiger partial charge >= 0.3 is 0 Å². The van der Waals surface area contributed by atoms with Crippen LogP contribution in [-0.2, 0) is 0 Å². The van der Waals surface area contributed by atoms with Crippen molar-refractivity contribution >= 4 is 74.9 Å². The van der Waals surface area contributed by atoms with Crippen LogP contribution in [0.1, 0.15) is 0 Å². The molecule has 0 aliphatic heterocycles. The van der Waals surface area contributed by atoms with Gasteiger partial charge in [-0.3, -0.25) is 0 Å². The first-order valence-electron chi connectivity index (χ1n) is 17.5. The molecule has 5 heteroatoms. The Morgan fingerprint density at radius 1 is 0.365 bits per heavy atom. The molecule has 0 atom stereocenters. The van der Waals surface area contributed by atoms with E-state index in [1.54, 1.807) is 11.3 Å². The lowest BCUT2D eigenvalue weighted by molar-refractivity contribution is 1.07. The van der Waals surface area contributed by atoms with E-state index < -0.39 is 0 Å². The fraction of sp³-hybridized carbons (Fsp3) is 0. The van der Waals surface area contributed by atoms with Crippen molar-refractivity contribution in [2.75, 3.05) is 0 Å². The molecule has 0 bridgehead atoms. The SMILES string of the molecule is c1ccc(-n2c3ccccc3c3cc4ccccc4cc32)c(-c2nc(-c3cccc4ccccc34)nc(-c3cccc4sc5ccccc5c34)n2)c1. The van der Waals surface area contributed by atoms with Crippen LogP contribution in [0.25, 0.3) is 103 Å². The molecule has 242 valence electrons. The van der Waals surface area contributed by atoms with Gasteiger partial charge in [-0.1, -0.05) is 127 Å². The lowest BCUT2D eigenvalue weighted by atomic mass is 10.0. The zero-order chi connectivity index (χ0) is 34.2. The highest BCUT2D eigenvalue weighted by molar-refractivity contribution is 7.25. The maximum atomic E-state index is 5.37. The standard InChI is InChI=1S/C47H28N4S/c1-2-15-31-28-41-38(27-30(31)14-1)33-18-5-8-23-39(33)51(41)40-24-9-6-19-35(40)46-48-45(34-21-11-16-29-13-3-4-17-32(29)34)49-47(50-46)37-22-12-26-43-44(37)36-20-7-10-25-42(36)52-43/h1-28H. The van der Waals surface area contributed by atoms with Gasteiger partial charge in [0.25, 0.3) is 0 Å². The highest BCUT2D eigenvalue weighted by Gasteiger charge is 2.21. The first kappa shape index (κ1) is 29.1. The zero-order valence-electron chi connectivity index (χ0n) is 27.9. The number of rotatable bonds is 4. The molecular formula is C47H28N4S. The number of nitrogens with zero attached hydrogens (tertiary/aromatic N) is 4. The molecule has 0 amide bonds. The average Bonchev–Trinajstić information content (AvgIpc) is 3.75. The van der Waals surface area contributed by atoms with Gasteiger partial charge in [0.2, 0.25) is 0 Å². The van der Waals surface area contributed by atoms with Crippen LogP contribution in [0.5, 0.6) is 0 Å². The van der Waals surface area contributed by atoms with Crippen LogP contribution in [0.4, 0.5) is 0 Å². The van der Waals surface area contributed by atoms with Crippen molar-refractivity contribution < 1.29 is 0 Å². The first-order valence-corrected chi connectivity index (χ1v) is 18.3. The van der Waals surface area contributed by atoms with E-state index in [2.05, 4.69) is 174 Å². The smallest absolute Gasteiger partial charge is 0.166 e. The summed E-state index contributed by atoms with van der Waals surface area (Å²) in [7, 11) is 0. The molecule has 8 aromatic carbocycles. The Morgan fingerprint density at radius 2 is 0.923 bits per heavy atom. The maximum absolute atomic E-state index is 5.37. The Bertz CT molecular complexity index is 3200. The number of para-hydroxylation sites is 2. The molecule has 52 heavy (non-hydrogen) atoms. The maximum Gasteiger partial charge on any atom is 0.166 e. The monoisotopic (exact) mass is 680 g/mol. The quantitative estimate of drug-likeness (QED) is 0.186. The lowest BCUT2D eigenvalue weighted by Crippen LogP contribution is -2.04. The second kappa shape index (κ2) is 11.4.